The predicted molar refractivity (Wildman–Crippen MR) is 72.4 cm³/mol. The van der Waals surface area contributed by atoms with Gasteiger partial charge in [-0.3, -0.25) is 10.1 Å². The van der Waals surface area contributed by atoms with Crippen molar-refractivity contribution < 1.29 is 0 Å². The standard InChI is InChI=1S/C12H14ClN3S/c1-12(2,3)17-11-8(7-15-16-11)10-9(13)5-4-6-14-10/h4-7H,1-3H3,(H,15,16). The van der Waals surface area contributed by atoms with Gasteiger partial charge in [-0.25, -0.2) is 0 Å². The van der Waals surface area contributed by atoms with Gasteiger partial charge in [0.25, 0.3) is 0 Å². The van der Waals surface area contributed by atoms with Gasteiger partial charge in [0.2, 0.25) is 0 Å². The smallest absolute Gasteiger partial charge is 0.101 e. The summed E-state index contributed by atoms with van der Waals surface area (Å²) >= 11 is 7.87. The summed E-state index contributed by atoms with van der Waals surface area (Å²) in [6.07, 6.45) is 3.50. The van der Waals surface area contributed by atoms with Crippen LogP contribution < -0.4 is 0 Å². The number of thioether (sulfide) groups is 1. The largest absolute Gasteiger partial charge is 0.271 e. The minimum absolute atomic E-state index is 0.114. The second-order valence-electron chi connectivity index (χ2n) is 4.66. The quantitative estimate of drug-likeness (QED) is 0.836. The van der Waals surface area contributed by atoms with Gasteiger partial charge in [0.15, 0.2) is 0 Å². The molecular formula is C12H14ClN3S. The van der Waals surface area contributed by atoms with Crippen molar-refractivity contribution in [1.82, 2.24) is 15.2 Å². The molecule has 0 amide bonds. The Kier molecular flexibility index (Phi) is 3.45. The van der Waals surface area contributed by atoms with Gasteiger partial charge >= 0.3 is 0 Å². The molecule has 2 aromatic rings. The predicted octanol–water partition coefficient (Wildman–Crippen LogP) is 4.02. The van der Waals surface area contributed by atoms with Crippen LogP contribution in [0, 0.1) is 0 Å². The van der Waals surface area contributed by atoms with Crippen molar-refractivity contribution in [2.24, 2.45) is 0 Å². The van der Waals surface area contributed by atoms with Crippen LogP contribution in [0.5, 0.6) is 0 Å². The molecule has 2 aromatic heterocycles. The Bertz CT molecular complexity index is 516. The molecule has 0 saturated carbocycles. The first-order chi connectivity index (χ1) is 7.97. The minimum Gasteiger partial charge on any atom is -0.271 e. The van der Waals surface area contributed by atoms with Gasteiger partial charge in [0, 0.05) is 10.9 Å². The van der Waals surface area contributed by atoms with Crippen molar-refractivity contribution in [3.8, 4) is 11.3 Å². The van der Waals surface area contributed by atoms with Crippen molar-refractivity contribution in [2.75, 3.05) is 0 Å². The SMILES string of the molecule is CC(C)(C)Sc1[nH]ncc1-c1ncccc1Cl. The summed E-state index contributed by atoms with van der Waals surface area (Å²) in [7, 11) is 0. The molecule has 0 aliphatic rings. The average molecular weight is 268 g/mol. The molecule has 3 nitrogen and oxygen atoms in total. The Hall–Kier alpha value is -1.00. The fourth-order valence-corrected chi connectivity index (χ4v) is 2.60. The number of aromatic nitrogens is 3. The summed E-state index contributed by atoms with van der Waals surface area (Å²) in [4.78, 5) is 4.31. The van der Waals surface area contributed by atoms with Crippen LogP contribution in [0.15, 0.2) is 29.6 Å². The third-order valence-corrected chi connectivity index (χ3v) is 3.46. The number of pyridine rings is 1. The molecule has 0 aliphatic carbocycles. The maximum Gasteiger partial charge on any atom is 0.101 e. The van der Waals surface area contributed by atoms with Gasteiger partial charge in [-0.2, -0.15) is 5.10 Å². The lowest BCUT2D eigenvalue weighted by Crippen LogP contribution is -2.07. The summed E-state index contributed by atoms with van der Waals surface area (Å²) in [6, 6.07) is 3.66. The normalized spacial score (nSPS) is 11.8. The second kappa shape index (κ2) is 4.70. The number of nitrogens with one attached hydrogen (secondary N) is 1. The van der Waals surface area contributed by atoms with Gasteiger partial charge in [-0.15, -0.1) is 11.8 Å². The number of H-pyrrole nitrogens is 1. The summed E-state index contributed by atoms with van der Waals surface area (Å²) in [5.41, 5.74) is 1.73. The topological polar surface area (TPSA) is 41.6 Å². The third-order valence-electron chi connectivity index (χ3n) is 2.03. The summed E-state index contributed by atoms with van der Waals surface area (Å²) in [6.45, 7) is 6.47. The van der Waals surface area contributed by atoms with Crippen molar-refractivity contribution in [3.63, 3.8) is 0 Å². The molecule has 5 heteroatoms. The monoisotopic (exact) mass is 267 g/mol. The molecular weight excluding hydrogens is 254 g/mol. The van der Waals surface area contributed by atoms with E-state index in [0.29, 0.717) is 5.02 Å². The molecule has 0 radical (unpaired) electrons. The Labute approximate surface area is 110 Å². The second-order valence-corrected chi connectivity index (χ2v) is 6.91. The number of rotatable bonds is 2. The highest BCUT2D eigenvalue weighted by Gasteiger charge is 2.18. The molecule has 0 unspecified atom stereocenters. The van der Waals surface area contributed by atoms with Crippen LogP contribution in [-0.4, -0.2) is 19.9 Å². The zero-order valence-electron chi connectivity index (χ0n) is 9.99. The molecule has 0 fully saturated rings. The lowest BCUT2D eigenvalue weighted by atomic mass is 10.2. The van der Waals surface area contributed by atoms with E-state index in [0.717, 1.165) is 16.3 Å². The first-order valence-corrected chi connectivity index (χ1v) is 6.50. The first-order valence-electron chi connectivity index (χ1n) is 5.30. The lowest BCUT2D eigenvalue weighted by Gasteiger charge is -2.17. The van der Waals surface area contributed by atoms with Gasteiger partial charge in [-0.1, -0.05) is 32.4 Å². The molecule has 2 rings (SSSR count). The molecule has 90 valence electrons. The van der Waals surface area contributed by atoms with E-state index in [-0.39, 0.29) is 4.75 Å². The summed E-state index contributed by atoms with van der Waals surface area (Å²) in [5, 5.41) is 8.72. The van der Waals surface area contributed by atoms with Crippen molar-refractivity contribution in [3.05, 3.63) is 29.5 Å². The fourth-order valence-electron chi connectivity index (χ4n) is 1.41. The Morgan fingerprint density at radius 2 is 2.12 bits per heavy atom. The Balaban J connectivity index is 2.41. The molecule has 0 saturated heterocycles. The van der Waals surface area contributed by atoms with E-state index in [2.05, 4.69) is 36.0 Å². The van der Waals surface area contributed by atoms with Crippen LogP contribution >= 0.6 is 23.4 Å². The summed E-state index contributed by atoms with van der Waals surface area (Å²) < 4.78 is 0.114. The van der Waals surface area contributed by atoms with Gasteiger partial charge in [0.05, 0.1) is 22.5 Å². The zero-order valence-corrected chi connectivity index (χ0v) is 11.6. The van der Waals surface area contributed by atoms with E-state index in [4.69, 9.17) is 11.6 Å². The summed E-state index contributed by atoms with van der Waals surface area (Å²) in [5.74, 6) is 0. The number of nitrogens with zero attached hydrogens (tertiary/aromatic N) is 2. The first kappa shape index (κ1) is 12.5. The molecule has 0 bridgehead atoms. The number of hydrogen-bond acceptors (Lipinski definition) is 3. The van der Waals surface area contributed by atoms with Crippen LogP contribution in [0.1, 0.15) is 20.8 Å². The minimum atomic E-state index is 0.114. The Morgan fingerprint density at radius 3 is 2.76 bits per heavy atom. The zero-order chi connectivity index (χ0) is 12.5. The number of hydrogen-bond donors (Lipinski definition) is 1. The number of halogens is 1. The molecule has 0 aromatic carbocycles. The van der Waals surface area contributed by atoms with Crippen molar-refractivity contribution in [2.45, 2.75) is 30.5 Å². The van der Waals surface area contributed by atoms with Crippen LogP contribution in [0.3, 0.4) is 0 Å². The van der Waals surface area contributed by atoms with E-state index >= 15 is 0 Å². The molecule has 2 heterocycles. The maximum atomic E-state index is 6.15. The number of aromatic amines is 1. The fraction of sp³-hybridized carbons (Fsp3) is 0.333. The van der Waals surface area contributed by atoms with Crippen molar-refractivity contribution in [1.29, 1.82) is 0 Å². The highest BCUT2D eigenvalue weighted by Crippen LogP contribution is 2.38. The lowest BCUT2D eigenvalue weighted by molar-refractivity contribution is 0.798. The van der Waals surface area contributed by atoms with Crippen LogP contribution in [0.25, 0.3) is 11.3 Å². The van der Waals surface area contributed by atoms with Crippen LogP contribution in [0.2, 0.25) is 5.02 Å². The van der Waals surface area contributed by atoms with E-state index in [1.165, 1.54) is 0 Å². The van der Waals surface area contributed by atoms with E-state index < -0.39 is 0 Å². The molecule has 1 N–H and O–H groups in total. The molecule has 0 spiro atoms. The van der Waals surface area contributed by atoms with Gasteiger partial charge < -0.3 is 0 Å². The van der Waals surface area contributed by atoms with Gasteiger partial charge in [-0.05, 0) is 12.1 Å². The van der Waals surface area contributed by atoms with E-state index in [1.54, 1.807) is 24.2 Å². The highest BCUT2D eigenvalue weighted by molar-refractivity contribution is 8.00. The average Bonchev–Trinajstić information content (AvgIpc) is 2.64. The van der Waals surface area contributed by atoms with E-state index in [9.17, 15) is 0 Å². The van der Waals surface area contributed by atoms with E-state index in [1.807, 2.05) is 12.1 Å². The molecule has 0 atom stereocenters. The maximum absolute atomic E-state index is 6.15. The van der Waals surface area contributed by atoms with Gasteiger partial charge in [0.1, 0.15) is 5.03 Å². The van der Waals surface area contributed by atoms with Crippen molar-refractivity contribution >= 4 is 23.4 Å². The molecule has 17 heavy (non-hydrogen) atoms. The highest BCUT2D eigenvalue weighted by atomic mass is 35.5. The third kappa shape index (κ3) is 3.01. The van der Waals surface area contributed by atoms with Crippen LogP contribution in [-0.2, 0) is 0 Å². The molecule has 0 aliphatic heterocycles. The van der Waals surface area contributed by atoms with Crippen LogP contribution in [0.4, 0.5) is 0 Å². The Morgan fingerprint density at radius 1 is 1.35 bits per heavy atom.